The van der Waals surface area contributed by atoms with Crippen LogP contribution in [0.25, 0.3) is 0 Å². The molecule has 1 aliphatic rings. The molecule has 17 heavy (non-hydrogen) atoms. The van der Waals surface area contributed by atoms with Crippen molar-refractivity contribution in [2.24, 2.45) is 11.8 Å². The molecule has 0 spiro atoms. The molecule has 1 aromatic carbocycles. The van der Waals surface area contributed by atoms with Crippen LogP contribution in [0.4, 0.5) is 0 Å². The fourth-order valence-electron chi connectivity index (χ4n) is 2.83. The first kappa shape index (κ1) is 13.0. The molecule has 1 unspecified atom stereocenters. The molecule has 0 saturated heterocycles. The van der Waals surface area contributed by atoms with E-state index in [2.05, 4.69) is 37.3 Å². The highest BCUT2D eigenvalue weighted by molar-refractivity contribution is 6.20. The maximum atomic E-state index is 6.45. The van der Waals surface area contributed by atoms with Gasteiger partial charge in [-0.15, -0.1) is 11.6 Å². The van der Waals surface area contributed by atoms with Crippen molar-refractivity contribution in [3.63, 3.8) is 0 Å². The maximum Gasteiger partial charge on any atom is 0.0585 e. The van der Waals surface area contributed by atoms with Gasteiger partial charge in [0.05, 0.1) is 5.38 Å². The summed E-state index contributed by atoms with van der Waals surface area (Å²) in [7, 11) is 0. The number of benzene rings is 1. The summed E-state index contributed by atoms with van der Waals surface area (Å²) in [6.07, 6.45) is 8.10. The third-order valence-electron chi connectivity index (χ3n) is 4.13. The van der Waals surface area contributed by atoms with E-state index in [0.29, 0.717) is 0 Å². The zero-order chi connectivity index (χ0) is 12.1. The zero-order valence-corrected chi connectivity index (χ0v) is 11.5. The Kier molecular flexibility index (Phi) is 4.91. The minimum absolute atomic E-state index is 0.204. The summed E-state index contributed by atoms with van der Waals surface area (Å²) in [5.41, 5.74) is 1.28. The Bertz CT molecular complexity index is 312. The fourth-order valence-corrected chi connectivity index (χ4v) is 3.10. The van der Waals surface area contributed by atoms with Gasteiger partial charge in [0.1, 0.15) is 0 Å². The highest BCUT2D eigenvalue weighted by Gasteiger charge is 2.19. The van der Waals surface area contributed by atoms with Crippen LogP contribution in [0.5, 0.6) is 0 Å². The molecule has 1 fully saturated rings. The molecule has 0 amide bonds. The molecule has 0 heterocycles. The normalized spacial score (nSPS) is 26.7. The third kappa shape index (κ3) is 4.03. The minimum atomic E-state index is 0.204. The second-order valence-electron chi connectivity index (χ2n) is 5.58. The first-order valence-corrected chi connectivity index (χ1v) is 7.38. The van der Waals surface area contributed by atoms with Crippen LogP contribution in [0.1, 0.15) is 56.4 Å². The summed E-state index contributed by atoms with van der Waals surface area (Å²) >= 11 is 6.45. The van der Waals surface area contributed by atoms with E-state index in [9.17, 15) is 0 Å². The Hall–Kier alpha value is -0.490. The second-order valence-corrected chi connectivity index (χ2v) is 6.11. The molecule has 2 rings (SSSR count). The van der Waals surface area contributed by atoms with Crippen LogP contribution in [0.2, 0.25) is 0 Å². The van der Waals surface area contributed by atoms with Gasteiger partial charge in [-0.25, -0.2) is 0 Å². The summed E-state index contributed by atoms with van der Waals surface area (Å²) in [5.74, 6) is 1.88. The zero-order valence-electron chi connectivity index (χ0n) is 10.7. The van der Waals surface area contributed by atoms with Crippen LogP contribution in [0.3, 0.4) is 0 Å². The lowest BCUT2D eigenvalue weighted by atomic mass is 9.80. The van der Waals surface area contributed by atoms with Gasteiger partial charge < -0.3 is 0 Å². The second kappa shape index (κ2) is 6.44. The summed E-state index contributed by atoms with van der Waals surface area (Å²) in [4.78, 5) is 0. The minimum Gasteiger partial charge on any atom is -0.118 e. The number of alkyl halides is 1. The molecule has 1 aliphatic carbocycles. The lowest BCUT2D eigenvalue weighted by Crippen LogP contribution is -2.12. The fraction of sp³-hybridized carbons (Fsp3) is 0.625. The van der Waals surface area contributed by atoms with Gasteiger partial charge in [-0.2, -0.15) is 0 Å². The van der Waals surface area contributed by atoms with E-state index < -0.39 is 0 Å². The van der Waals surface area contributed by atoms with E-state index in [-0.39, 0.29) is 5.38 Å². The van der Waals surface area contributed by atoms with Crippen molar-refractivity contribution in [2.45, 2.75) is 50.8 Å². The van der Waals surface area contributed by atoms with Crippen LogP contribution in [-0.2, 0) is 0 Å². The Balaban J connectivity index is 1.75. The van der Waals surface area contributed by atoms with E-state index in [1.807, 2.05) is 0 Å². The Labute approximate surface area is 110 Å². The quantitative estimate of drug-likeness (QED) is 0.613. The van der Waals surface area contributed by atoms with Crippen molar-refractivity contribution >= 4 is 11.6 Å². The monoisotopic (exact) mass is 250 g/mol. The van der Waals surface area contributed by atoms with Gasteiger partial charge in [0.2, 0.25) is 0 Å². The molecule has 0 bridgehead atoms. The summed E-state index contributed by atoms with van der Waals surface area (Å²) < 4.78 is 0. The third-order valence-corrected chi connectivity index (χ3v) is 4.60. The molecule has 0 N–H and O–H groups in total. The van der Waals surface area contributed by atoms with Gasteiger partial charge in [0.25, 0.3) is 0 Å². The van der Waals surface area contributed by atoms with E-state index in [4.69, 9.17) is 11.6 Å². The van der Waals surface area contributed by atoms with E-state index in [0.717, 1.165) is 18.3 Å². The maximum absolute atomic E-state index is 6.45. The van der Waals surface area contributed by atoms with Crippen LogP contribution < -0.4 is 0 Å². The van der Waals surface area contributed by atoms with Crippen molar-refractivity contribution < 1.29 is 0 Å². The average molecular weight is 251 g/mol. The lowest BCUT2D eigenvalue weighted by molar-refractivity contribution is 0.273. The Morgan fingerprint density at radius 2 is 1.76 bits per heavy atom. The SMILES string of the molecule is CC1CCC(CCC(Cl)c2ccccc2)CC1. The number of halogens is 1. The van der Waals surface area contributed by atoms with E-state index in [1.54, 1.807) is 0 Å². The summed E-state index contributed by atoms with van der Waals surface area (Å²) in [5, 5.41) is 0.204. The first-order chi connectivity index (χ1) is 8.25. The molecular weight excluding hydrogens is 228 g/mol. The van der Waals surface area contributed by atoms with Crippen molar-refractivity contribution in [3.8, 4) is 0 Å². The first-order valence-electron chi connectivity index (χ1n) is 6.94. The molecule has 0 aliphatic heterocycles. The van der Waals surface area contributed by atoms with E-state index >= 15 is 0 Å². The number of rotatable bonds is 4. The summed E-state index contributed by atoms with van der Waals surface area (Å²) in [6, 6.07) is 10.5. The standard InChI is InChI=1S/C16H23Cl/c1-13-7-9-14(10-8-13)11-12-16(17)15-5-3-2-4-6-15/h2-6,13-14,16H,7-12H2,1H3. The van der Waals surface area contributed by atoms with Gasteiger partial charge in [-0.1, -0.05) is 62.9 Å². The highest BCUT2D eigenvalue weighted by atomic mass is 35.5. The predicted octanol–water partition coefficient (Wildman–Crippen LogP) is 5.57. The molecule has 94 valence electrons. The molecule has 1 atom stereocenters. The van der Waals surface area contributed by atoms with Crippen LogP contribution >= 0.6 is 11.6 Å². The Morgan fingerprint density at radius 3 is 2.41 bits per heavy atom. The number of hydrogen-bond acceptors (Lipinski definition) is 0. The molecule has 1 saturated carbocycles. The van der Waals surface area contributed by atoms with Gasteiger partial charge >= 0.3 is 0 Å². The average Bonchev–Trinajstić information content (AvgIpc) is 2.39. The van der Waals surface area contributed by atoms with Crippen LogP contribution in [0, 0.1) is 11.8 Å². The van der Waals surface area contributed by atoms with Crippen LogP contribution in [-0.4, -0.2) is 0 Å². The van der Waals surface area contributed by atoms with Crippen molar-refractivity contribution in [3.05, 3.63) is 35.9 Å². The highest BCUT2D eigenvalue weighted by Crippen LogP contribution is 2.34. The van der Waals surface area contributed by atoms with Crippen molar-refractivity contribution in [2.75, 3.05) is 0 Å². The molecule has 0 aromatic heterocycles. The van der Waals surface area contributed by atoms with Gasteiger partial charge in [0, 0.05) is 0 Å². The van der Waals surface area contributed by atoms with Gasteiger partial charge in [-0.05, 0) is 30.2 Å². The number of hydrogen-bond donors (Lipinski definition) is 0. The molecular formula is C16H23Cl. The largest absolute Gasteiger partial charge is 0.118 e. The molecule has 0 radical (unpaired) electrons. The predicted molar refractivity (Wildman–Crippen MR) is 75.4 cm³/mol. The van der Waals surface area contributed by atoms with Crippen molar-refractivity contribution in [1.82, 2.24) is 0 Å². The summed E-state index contributed by atoms with van der Waals surface area (Å²) in [6.45, 7) is 2.38. The van der Waals surface area contributed by atoms with Crippen molar-refractivity contribution in [1.29, 1.82) is 0 Å². The molecule has 1 aromatic rings. The molecule has 0 nitrogen and oxygen atoms in total. The van der Waals surface area contributed by atoms with E-state index in [1.165, 1.54) is 37.7 Å². The smallest absolute Gasteiger partial charge is 0.0585 e. The lowest BCUT2D eigenvalue weighted by Gasteiger charge is -2.26. The van der Waals surface area contributed by atoms with Crippen LogP contribution in [0.15, 0.2) is 30.3 Å². The van der Waals surface area contributed by atoms with Gasteiger partial charge in [-0.3, -0.25) is 0 Å². The molecule has 1 heteroatoms. The topological polar surface area (TPSA) is 0 Å². The van der Waals surface area contributed by atoms with Gasteiger partial charge in [0.15, 0.2) is 0 Å². The Morgan fingerprint density at radius 1 is 1.12 bits per heavy atom.